The summed E-state index contributed by atoms with van der Waals surface area (Å²) in [5.74, 6) is 0. The van der Waals surface area contributed by atoms with Crippen molar-refractivity contribution in [1.29, 1.82) is 0 Å². The van der Waals surface area contributed by atoms with Gasteiger partial charge in [0.15, 0.2) is 0 Å². The van der Waals surface area contributed by atoms with Crippen molar-refractivity contribution in [2.45, 2.75) is 45.2 Å². The van der Waals surface area contributed by atoms with Crippen molar-refractivity contribution in [3.63, 3.8) is 0 Å². The summed E-state index contributed by atoms with van der Waals surface area (Å²) in [6.07, 6.45) is 9.17. The van der Waals surface area contributed by atoms with Crippen molar-refractivity contribution in [2.24, 2.45) is 0 Å². The third kappa shape index (κ3) is 2.78. The summed E-state index contributed by atoms with van der Waals surface area (Å²) in [4.78, 5) is 6.82. The SMILES string of the molecule is CCC1CCCCN1c1ccncc1CNC. The van der Waals surface area contributed by atoms with E-state index in [2.05, 4.69) is 28.2 Å². The van der Waals surface area contributed by atoms with E-state index in [9.17, 15) is 0 Å². The zero-order valence-corrected chi connectivity index (χ0v) is 10.9. The fourth-order valence-electron chi connectivity index (χ4n) is 2.77. The summed E-state index contributed by atoms with van der Waals surface area (Å²) in [7, 11) is 1.99. The third-order valence-electron chi connectivity index (χ3n) is 3.65. The minimum Gasteiger partial charge on any atom is -0.368 e. The van der Waals surface area contributed by atoms with E-state index in [-0.39, 0.29) is 0 Å². The molecule has 94 valence electrons. The topological polar surface area (TPSA) is 28.2 Å². The van der Waals surface area contributed by atoms with Crippen molar-refractivity contribution in [2.75, 3.05) is 18.5 Å². The highest BCUT2D eigenvalue weighted by atomic mass is 15.2. The Morgan fingerprint density at radius 1 is 1.47 bits per heavy atom. The lowest BCUT2D eigenvalue weighted by Crippen LogP contribution is -2.39. The first-order valence-corrected chi connectivity index (χ1v) is 6.71. The van der Waals surface area contributed by atoms with E-state index in [0.29, 0.717) is 6.04 Å². The Hall–Kier alpha value is -1.09. The number of hydrogen-bond donors (Lipinski definition) is 1. The van der Waals surface area contributed by atoms with Crippen LogP contribution >= 0.6 is 0 Å². The third-order valence-corrected chi connectivity index (χ3v) is 3.65. The lowest BCUT2D eigenvalue weighted by Gasteiger charge is -2.38. The molecule has 1 unspecified atom stereocenters. The molecule has 2 rings (SSSR count). The van der Waals surface area contributed by atoms with Crippen LogP contribution in [0.15, 0.2) is 18.5 Å². The zero-order valence-electron chi connectivity index (χ0n) is 10.9. The summed E-state index contributed by atoms with van der Waals surface area (Å²) in [5, 5.41) is 3.23. The van der Waals surface area contributed by atoms with Crippen LogP contribution in [0.4, 0.5) is 5.69 Å². The van der Waals surface area contributed by atoms with Gasteiger partial charge in [0, 0.05) is 42.8 Å². The molecular weight excluding hydrogens is 210 g/mol. The summed E-state index contributed by atoms with van der Waals surface area (Å²) >= 11 is 0. The van der Waals surface area contributed by atoms with Crippen molar-refractivity contribution in [3.8, 4) is 0 Å². The number of anilines is 1. The van der Waals surface area contributed by atoms with Gasteiger partial charge in [-0.15, -0.1) is 0 Å². The molecule has 0 amide bonds. The average molecular weight is 233 g/mol. The van der Waals surface area contributed by atoms with Crippen LogP contribution in [0.2, 0.25) is 0 Å². The molecule has 2 heterocycles. The maximum absolute atomic E-state index is 4.24. The monoisotopic (exact) mass is 233 g/mol. The molecular formula is C14H23N3. The van der Waals surface area contributed by atoms with E-state index in [1.54, 1.807) is 0 Å². The molecule has 0 aromatic carbocycles. The van der Waals surface area contributed by atoms with E-state index in [0.717, 1.165) is 6.54 Å². The quantitative estimate of drug-likeness (QED) is 0.866. The van der Waals surface area contributed by atoms with Crippen LogP contribution in [-0.4, -0.2) is 24.6 Å². The van der Waals surface area contributed by atoms with Gasteiger partial charge in [-0.05, 0) is 38.8 Å². The number of nitrogens with one attached hydrogen (secondary N) is 1. The lowest BCUT2D eigenvalue weighted by atomic mass is 9.98. The largest absolute Gasteiger partial charge is 0.368 e. The molecule has 0 spiro atoms. The molecule has 1 aromatic rings. The van der Waals surface area contributed by atoms with Crippen LogP contribution in [0.1, 0.15) is 38.2 Å². The number of piperidine rings is 1. The highest BCUT2D eigenvalue weighted by Crippen LogP contribution is 2.28. The normalized spacial score (nSPS) is 20.6. The average Bonchev–Trinajstić information content (AvgIpc) is 2.40. The van der Waals surface area contributed by atoms with E-state index in [1.165, 1.54) is 43.5 Å². The summed E-state index contributed by atoms with van der Waals surface area (Å²) in [5.41, 5.74) is 2.69. The van der Waals surface area contributed by atoms with E-state index in [1.807, 2.05) is 19.4 Å². The van der Waals surface area contributed by atoms with E-state index in [4.69, 9.17) is 0 Å². The van der Waals surface area contributed by atoms with Gasteiger partial charge in [-0.1, -0.05) is 6.92 Å². The van der Waals surface area contributed by atoms with Crippen molar-refractivity contribution in [1.82, 2.24) is 10.3 Å². The van der Waals surface area contributed by atoms with Crippen LogP contribution in [0, 0.1) is 0 Å². The molecule has 0 bridgehead atoms. The molecule has 3 nitrogen and oxygen atoms in total. The molecule has 0 aliphatic carbocycles. The predicted octanol–water partition coefficient (Wildman–Crippen LogP) is 2.57. The van der Waals surface area contributed by atoms with Gasteiger partial charge < -0.3 is 10.2 Å². The molecule has 1 aromatic heterocycles. The molecule has 1 atom stereocenters. The Labute approximate surface area is 104 Å². The lowest BCUT2D eigenvalue weighted by molar-refractivity contribution is 0.448. The first-order chi connectivity index (χ1) is 8.36. The summed E-state index contributed by atoms with van der Waals surface area (Å²) in [6.45, 7) is 4.39. The Balaban J connectivity index is 2.24. The summed E-state index contributed by atoms with van der Waals surface area (Å²) < 4.78 is 0. The minimum atomic E-state index is 0.710. The van der Waals surface area contributed by atoms with Crippen molar-refractivity contribution < 1.29 is 0 Å². The Bertz CT molecular complexity index is 351. The van der Waals surface area contributed by atoms with Gasteiger partial charge in [0.2, 0.25) is 0 Å². The second-order valence-corrected chi connectivity index (χ2v) is 4.79. The van der Waals surface area contributed by atoms with Crippen LogP contribution in [0.25, 0.3) is 0 Å². The Kier molecular flexibility index (Phi) is 4.37. The highest BCUT2D eigenvalue weighted by molar-refractivity contribution is 5.53. The van der Waals surface area contributed by atoms with E-state index >= 15 is 0 Å². The second kappa shape index (κ2) is 6.01. The van der Waals surface area contributed by atoms with Gasteiger partial charge in [0.05, 0.1) is 0 Å². The summed E-state index contributed by atoms with van der Waals surface area (Å²) in [6, 6.07) is 2.88. The smallest absolute Gasteiger partial charge is 0.0445 e. The van der Waals surface area contributed by atoms with Crippen LogP contribution in [0.5, 0.6) is 0 Å². The maximum atomic E-state index is 4.24. The molecule has 1 N–H and O–H groups in total. The van der Waals surface area contributed by atoms with Gasteiger partial charge in [-0.25, -0.2) is 0 Å². The van der Waals surface area contributed by atoms with Crippen LogP contribution < -0.4 is 10.2 Å². The Morgan fingerprint density at radius 3 is 3.12 bits per heavy atom. The number of nitrogens with zero attached hydrogens (tertiary/aromatic N) is 2. The van der Waals surface area contributed by atoms with Gasteiger partial charge >= 0.3 is 0 Å². The molecule has 17 heavy (non-hydrogen) atoms. The van der Waals surface area contributed by atoms with Crippen molar-refractivity contribution in [3.05, 3.63) is 24.0 Å². The molecule has 0 saturated carbocycles. The fourth-order valence-corrected chi connectivity index (χ4v) is 2.77. The molecule has 1 saturated heterocycles. The fraction of sp³-hybridized carbons (Fsp3) is 0.643. The molecule has 1 aliphatic rings. The van der Waals surface area contributed by atoms with Gasteiger partial charge in [-0.3, -0.25) is 4.98 Å². The standard InChI is InChI=1S/C14H23N3/c1-3-13-6-4-5-9-17(13)14-7-8-16-11-12(14)10-15-2/h7-8,11,13,15H,3-6,9-10H2,1-2H3. The van der Waals surface area contributed by atoms with Crippen LogP contribution in [-0.2, 0) is 6.54 Å². The number of rotatable bonds is 4. The number of aromatic nitrogens is 1. The van der Waals surface area contributed by atoms with Crippen LogP contribution in [0.3, 0.4) is 0 Å². The molecule has 3 heteroatoms. The Morgan fingerprint density at radius 2 is 2.35 bits per heavy atom. The predicted molar refractivity (Wildman–Crippen MR) is 72.3 cm³/mol. The van der Waals surface area contributed by atoms with E-state index < -0.39 is 0 Å². The van der Waals surface area contributed by atoms with Gasteiger partial charge in [0.25, 0.3) is 0 Å². The maximum Gasteiger partial charge on any atom is 0.0445 e. The molecule has 1 aliphatic heterocycles. The molecule has 0 radical (unpaired) electrons. The zero-order chi connectivity index (χ0) is 12.1. The molecule has 1 fully saturated rings. The first-order valence-electron chi connectivity index (χ1n) is 6.71. The van der Waals surface area contributed by atoms with Gasteiger partial charge in [-0.2, -0.15) is 0 Å². The number of pyridine rings is 1. The second-order valence-electron chi connectivity index (χ2n) is 4.79. The van der Waals surface area contributed by atoms with Crippen molar-refractivity contribution >= 4 is 5.69 Å². The number of hydrogen-bond acceptors (Lipinski definition) is 3. The first kappa shape index (κ1) is 12.4. The van der Waals surface area contributed by atoms with Gasteiger partial charge in [0.1, 0.15) is 0 Å². The minimum absolute atomic E-state index is 0.710. The highest BCUT2D eigenvalue weighted by Gasteiger charge is 2.22.